The number of benzene rings is 2. The smallest absolute Gasteiger partial charge is 0.363 e. The number of hydrogen-bond acceptors (Lipinski definition) is 4. The summed E-state index contributed by atoms with van der Waals surface area (Å²) in [7, 11) is 0. The first-order valence-corrected chi connectivity index (χ1v) is 9.19. The minimum absolute atomic E-state index is 0.0324. The van der Waals surface area contributed by atoms with Gasteiger partial charge in [0, 0.05) is 34.3 Å². The fraction of sp³-hybridized carbons (Fsp3) is 0.150. The van der Waals surface area contributed by atoms with Crippen LogP contribution in [0.4, 0.5) is 10.1 Å². The van der Waals surface area contributed by atoms with E-state index >= 15 is 0 Å². The quantitative estimate of drug-likeness (QED) is 0.546. The molecular weight excluding hydrogens is 415 g/mol. The van der Waals surface area contributed by atoms with Gasteiger partial charge in [0.15, 0.2) is 5.70 Å². The molecule has 0 radical (unpaired) electrons. The van der Waals surface area contributed by atoms with Gasteiger partial charge in [-0.2, -0.15) is 0 Å². The Kier molecular flexibility index (Phi) is 4.61. The van der Waals surface area contributed by atoms with Crippen molar-refractivity contribution in [3.63, 3.8) is 0 Å². The summed E-state index contributed by atoms with van der Waals surface area (Å²) >= 11 is 3.19. The fourth-order valence-corrected chi connectivity index (χ4v) is 3.34. The SMILES string of the molecule is O=C1OC(c2ccc(N3CCCC3=O)cc2)=N/C1=C\c1ccc(Br)cc1F. The highest BCUT2D eigenvalue weighted by molar-refractivity contribution is 9.10. The minimum atomic E-state index is -0.633. The Morgan fingerprint density at radius 3 is 2.59 bits per heavy atom. The molecule has 7 heteroatoms. The first-order chi connectivity index (χ1) is 13.0. The van der Waals surface area contributed by atoms with Crippen LogP contribution in [0.1, 0.15) is 24.0 Å². The summed E-state index contributed by atoms with van der Waals surface area (Å²) in [6.07, 6.45) is 2.77. The number of amides is 1. The second kappa shape index (κ2) is 7.08. The van der Waals surface area contributed by atoms with Crippen LogP contribution in [0.5, 0.6) is 0 Å². The molecule has 2 heterocycles. The average Bonchev–Trinajstić information content (AvgIpc) is 3.23. The summed E-state index contributed by atoms with van der Waals surface area (Å²) in [5, 5.41) is 0. The topological polar surface area (TPSA) is 59.0 Å². The number of anilines is 1. The maximum Gasteiger partial charge on any atom is 0.363 e. The molecule has 0 aromatic heterocycles. The maximum atomic E-state index is 14.0. The number of aliphatic imine (C=N–C) groups is 1. The Bertz CT molecular complexity index is 999. The van der Waals surface area contributed by atoms with Crippen LogP contribution >= 0.6 is 15.9 Å². The predicted molar refractivity (Wildman–Crippen MR) is 103 cm³/mol. The molecule has 136 valence electrons. The number of nitrogens with zero attached hydrogens (tertiary/aromatic N) is 2. The Balaban J connectivity index is 1.59. The predicted octanol–water partition coefficient (Wildman–Crippen LogP) is 4.06. The molecule has 0 atom stereocenters. The minimum Gasteiger partial charge on any atom is -0.402 e. The molecule has 4 rings (SSSR count). The first kappa shape index (κ1) is 17.6. The molecule has 0 N–H and O–H groups in total. The molecular formula is C20H14BrFN2O3. The molecule has 5 nitrogen and oxygen atoms in total. The lowest BCUT2D eigenvalue weighted by atomic mass is 10.2. The van der Waals surface area contributed by atoms with Crippen LogP contribution in [0.25, 0.3) is 6.08 Å². The molecule has 0 saturated carbocycles. The van der Waals surface area contributed by atoms with Crippen molar-refractivity contribution >= 4 is 45.5 Å². The highest BCUT2D eigenvalue weighted by Crippen LogP contribution is 2.25. The Morgan fingerprint density at radius 2 is 1.93 bits per heavy atom. The highest BCUT2D eigenvalue weighted by atomic mass is 79.9. The van der Waals surface area contributed by atoms with E-state index < -0.39 is 11.8 Å². The second-order valence-electron chi connectivity index (χ2n) is 6.20. The van der Waals surface area contributed by atoms with E-state index in [1.807, 2.05) is 0 Å². The van der Waals surface area contributed by atoms with E-state index in [0.29, 0.717) is 23.0 Å². The summed E-state index contributed by atoms with van der Waals surface area (Å²) in [6.45, 7) is 0.708. The van der Waals surface area contributed by atoms with Gasteiger partial charge in [0.1, 0.15) is 5.82 Å². The van der Waals surface area contributed by atoms with Crippen molar-refractivity contribution in [2.24, 2.45) is 4.99 Å². The maximum absolute atomic E-state index is 14.0. The van der Waals surface area contributed by atoms with Gasteiger partial charge in [-0.3, -0.25) is 4.79 Å². The zero-order valence-electron chi connectivity index (χ0n) is 14.1. The molecule has 2 aliphatic rings. The van der Waals surface area contributed by atoms with Crippen molar-refractivity contribution in [1.29, 1.82) is 0 Å². The van der Waals surface area contributed by atoms with E-state index in [1.165, 1.54) is 12.1 Å². The zero-order chi connectivity index (χ0) is 19.0. The van der Waals surface area contributed by atoms with Crippen molar-refractivity contribution in [2.45, 2.75) is 12.8 Å². The van der Waals surface area contributed by atoms with Crippen molar-refractivity contribution in [2.75, 3.05) is 11.4 Å². The Morgan fingerprint density at radius 1 is 1.15 bits per heavy atom. The molecule has 0 unspecified atom stereocenters. The lowest BCUT2D eigenvalue weighted by Crippen LogP contribution is -2.23. The monoisotopic (exact) mass is 428 g/mol. The van der Waals surface area contributed by atoms with E-state index in [1.54, 1.807) is 41.3 Å². The van der Waals surface area contributed by atoms with Crippen LogP contribution < -0.4 is 4.90 Å². The van der Waals surface area contributed by atoms with Gasteiger partial charge in [-0.15, -0.1) is 0 Å². The third-order valence-corrected chi connectivity index (χ3v) is 4.87. The van der Waals surface area contributed by atoms with E-state index in [2.05, 4.69) is 20.9 Å². The summed E-state index contributed by atoms with van der Waals surface area (Å²) in [6, 6.07) is 11.6. The number of carbonyl (C=O) groups is 2. The van der Waals surface area contributed by atoms with E-state index in [4.69, 9.17) is 4.74 Å². The molecule has 0 aliphatic carbocycles. The number of rotatable bonds is 3. The van der Waals surface area contributed by atoms with Gasteiger partial charge < -0.3 is 9.64 Å². The van der Waals surface area contributed by atoms with Crippen molar-refractivity contribution in [1.82, 2.24) is 0 Å². The zero-order valence-corrected chi connectivity index (χ0v) is 15.7. The second-order valence-corrected chi connectivity index (χ2v) is 7.11. The fourth-order valence-electron chi connectivity index (χ4n) is 3.00. The normalized spacial score (nSPS) is 18.2. The van der Waals surface area contributed by atoms with E-state index in [-0.39, 0.29) is 23.1 Å². The summed E-state index contributed by atoms with van der Waals surface area (Å²) < 4.78 is 19.8. The number of ether oxygens (including phenoxy) is 1. The first-order valence-electron chi connectivity index (χ1n) is 8.40. The van der Waals surface area contributed by atoms with Crippen LogP contribution in [-0.2, 0) is 14.3 Å². The van der Waals surface area contributed by atoms with Crippen molar-refractivity contribution in [3.8, 4) is 0 Å². The van der Waals surface area contributed by atoms with E-state index in [0.717, 1.165) is 12.1 Å². The molecule has 2 aromatic carbocycles. The lowest BCUT2D eigenvalue weighted by Gasteiger charge is -2.15. The van der Waals surface area contributed by atoms with Crippen LogP contribution in [0.2, 0.25) is 0 Å². The number of hydrogen-bond donors (Lipinski definition) is 0. The van der Waals surface area contributed by atoms with Crippen LogP contribution in [-0.4, -0.2) is 24.3 Å². The average molecular weight is 429 g/mol. The molecule has 2 aliphatic heterocycles. The lowest BCUT2D eigenvalue weighted by molar-refractivity contribution is -0.130. The van der Waals surface area contributed by atoms with E-state index in [9.17, 15) is 14.0 Å². The Labute approximate surface area is 163 Å². The van der Waals surface area contributed by atoms with Gasteiger partial charge in [-0.25, -0.2) is 14.2 Å². The third kappa shape index (κ3) is 3.55. The molecule has 1 saturated heterocycles. The van der Waals surface area contributed by atoms with Gasteiger partial charge in [-0.05, 0) is 48.9 Å². The molecule has 0 bridgehead atoms. The van der Waals surface area contributed by atoms with Gasteiger partial charge in [0.25, 0.3) is 0 Å². The number of cyclic esters (lactones) is 1. The van der Waals surface area contributed by atoms with Crippen LogP contribution in [0, 0.1) is 5.82 Å². The standard InChI is InChI=1S/C20H14BrFN2O3/c21-14-6-3-13(16(22)11-14)10-17-20(26)27-19(23-17)12-4-7-15(8-5-12)24-9-1-2-18(24)25/h3-8,10-11H,1-2,9H2/b17-10-. The summed E-state index contributed by atoms with van der Waals surface area (Å²) in [5.41, 5.74) is 1.69. The third-order valence-electron chi connectivity index (χ3n) is 4.37. The summed E-state index contributed by atoms with van der Waals surface area (Å²) in [4.78, 5) is 29.8. The number of esters is 1. The molecule has 2 aromatic rings. The van der Waals surface area contributed by atoms with Gasteiger partial charge in [0.2, 0.25) is 11.8 Å². The molecule has 0 spiro atoms. The van der Waals surface area contributed by atoms with Crippen molar-refractivity contribution in [3.05, 3.63) is 69.6 Å². The van der Waals surface area contributed by atoms with Crippen molar-refractivity contribution < 1.29 is 18.7 Å². The largest absolute Gasteiger partial charge is 0.402 e. The summed E-state index contributed by atoms with van der Waals surface area (Å²) in [5.74, 6) is -0.837. The molecule has 1 amide bonds. The Hall–Kier alpha value is -2.80. The number of carbonyl (C=O) groups excluding carboxylic acids is 2. The van der Waals surface area contributed by atoms with Gasteiger partial charge >= 0.3 is 5.97 Å². The van der Waals surface area contributed by atoms with Crippen LogP contribution in [0.3, 0.4) is 0 Å². The molecule has 27 heavy (non-hydrogen) atoms. The molecule has 1 fully saturated rings. The number of halogens is 2. The van der Waals surface area contributed by atoms with Gasteiger partial charge in [-0.1, -0.05) is 22.0 Å². The van der Waals surface area contributed by atoms with Crippen LogP contribution in [0.15, 0.2) is 57.6 Å². The van der Waals surface area contributed by atoms with Gasteiger partial charge in [0.05, 0.1) is 0 Å². The highest BCUT2D eigenvalue weighted by Gasteiger charge is 2.26.